The standard InChI is InChI=1S/C5H12O3/c1-2-7-5-8-4-3-6/h6H,2-5H2,1H3. The first-order valence-electron chi connectivity index (χ1n) is 2.68. The summed E-state index contributed by atoms with van der Waals surface area (Å²) in [5.74, 6) is 0. The van der Waals surface area contributed by atoms with Gasteiger partial charge in [0.15, 0.2) is 0 Å². The zero-order valence-corrected chi connectivity index (χ0v) is 5.09. The molecule has 0 aliphatic rings. The molecule has 0 bridgehead atoms. The van der Waals surface area contributed by atoms with E-state index in [0.29, 0.717) is 13.2 Å². The van der Waals surface area contributed by atoms with Gasteiger partial charge in [0, 0.05) is 6.61 Å². The van der Waals surface area contributed by atoms with Gasteiger partial charge in [0.05, 0.1) is 13.2 Å². The van der Waals surface area contributed by atoms with E-state index in [0.717, 1.165) is 0 Å². The van der Waals surface area contributed by atoms with Crippen LogP contribution in [-0.4, -0.2) is 31.7 Å². The summed E-state index contributed by atoms with van der Waals surface area (Å²) in [5, 5.41) is 8.19. The van der Waals surface area contributed by atoms with Crippen LogP contribution in [0, 0.1) is 0 Å². The van der Waals surface area contributed by atoms with Crippen molar-refractivity contribution < 1.29 is 14.6 Å². The average Bonchev–Trinajstić information content (AvgIpc) is 1.81. The molecule has 0 radical (unpaired) electrons. The molecule has 0 spiro atoms. The van der Waals surface area contributed by atoms with Gasteiger partial charge in [0.1, 0.15) is 6.79 Å². The number of aliphatic hydroxyl groups is 1. The molecule has 0 saturated heterocycles. The number of hydrogen-bond acceptors (Lipinski definition) is 3. The Labute approximate surface area is 49.2 Å². The van der Waals surface area contributed by atoms with Crippen molar-refractivity contribution in [3.63, 3.8) is 0 Å². The topological polar surface area (TPSA) is 38.7 Å². The highest BCUT2D eigenvalue weighted by Gasteiger charge is 1.81. The van der Waals surface area contributed by atoms with E-state index in [1.165, 1.54) is 0 Å². The molecule has 0 unspecified atom stereocenters. The van der Waals surface area contributed by atoms with E-state index < -0.39 is 0 Å². The minimum atomic E-state index is 0.0626. The van der Waals surface area contributed by atoms with Crippen molar-refractivity contribution >= 4 is 0 Å². The summed E-state index contributed by atoms with van der Waals surface area (Å²) in [4.78, 5) is 0. The summed E-state index contributed by atoms with van der Waals surface area (Å²) >= 11 is 0. The molecule has 0 fully saturated rings. The molecule has 0 rings (SSSR count). The summed E-state index contributed by atoms with van der Waals surface area (Å²) in [6.45, 7) is 3.26. The maximum Gasteiger partial charge on any atom is 0.146 e. The fourth-order valence-corrected chi connectivity index (χ4v) is 0.266. The van der Waals surface area contributed by atoms with E-state index in [4.69, 9.17) is 14.6 Å². The summed E-state index contributed by atoms with van der Waals surface area (Å²) in [6, 6.07) is 0. The Morgan fingerprint density at radius 1 is 1.38 bits per heavy atom. The lowest BCUT2D eigenvalue weighted by Gasteiger charge is -1.99. The molecule has 0 aliphatic carbocycles. The molecule has 3 heteroatoms. The molecular weight excluding hydrogens is 108 g/mol. The lowest BCUT2D eigenvalue weighted by molar-refractivity contribution is -0.0581. The van der Waals surface area contributed by atoms with E-state index >= 15 is 0 Å². The third kappa shape index (κ3) is 5.88. The van der Waals surface area contributed by atoms with Gasteiger partial charge < -0.3 is 14.6 Å². The predicted octanol–water partition coefficient (Wildman–Crippen LogP) is -0.0107. The Bertz CT molecular complexity index is 32.7. The maximum atomic E-state index is 8.19. The van der Waals surface area contributed by atoms with E-state index in [-0.39, 0.29) is 13.4 Å². The minimum absolute atomic E-state index is 0.0626. The van der Waals surface area contributed by atoms with Gasteiger partial charge in [-0.3, -0.25) is 0 Å². The molecule has 0 aromatic carbocycles. The number of hydrogen-bond donors (Lipinski definition) is 1. The molecular formula is C5H12O3. The second-order valence-corrected chi connectivity index (χ2v) is 1.24. The number of rotatable bonds is 5. The van der Waals surface area contributed by atoms with E-state index in [1.54, 1.807) is 0 Å². The first-order valence-corrected chi connectivity index (χ1v) is 2.68. The Hall–Kier alpha value is -0.120. The third-order valence-electron chi connectivity index (χ3n) is 0.606. The lowest BCUT2D eigenvalue weighted by Crippen LogP contribution is -2.03. The average molecular weight is 120 g/mol. The molecule has 0 saturated carbocycles. The van der Waals surface area contributed by atoms with Gasteiger partial charge in [-0.05, 0) is 6.92 Å². The molecule has 0 heterocycles. The quantitative estimate of drug-likeness (QED) is 0.409. The van der Waals surface area contributed by atoms with Crippen LogP contribution in [0.5, 0.6) is 0 Å². The Morgan fingerprint density at radius 3 is 2.62 bits per heavy atom. The second kappa shape index (κ2) is 6.88. The van der Waals surface area contributed by atoms with Gasteiger partial charge in [0.25, 0.3) is 0 Å². The Balaban J connectivity index is 2.53. The predicted molar refractivity (Wildman–Crippen MR) is 29.5 cm³/mol. The van der Waals surface area contributed by atoms with Crippen LogP contribution in [-0.2, 0) is 9.47 Å². The monoisotopic (exact) mass is 120 g/mol. The summed E-state index contributed by atoms with van der Waals surface area (Å²) in [6.07, 6.45) is 0. The molecule has 0 atom stereocenters. The largest absolute Gasteiger partial charge is 0.394 e. The van der Waals surface area contributed by atoms with E-state index in [9.17, 15) is 0 Å². The van der Waals surface area contributed by atoms with Gasteiger partial charge in [0.2, 0.25) is 0 Å². The van der Waals surface area contributed by atoms with Crippen molar-refractivity contribution in [3.8, 4) is 0 Å². The summed E-state index contributed by atoms with van der Waals surface area (Å²) in [5.41, 5.74) is 0. The van der Waals surface area contributed by atoms with Crippen molar-refractivity contribution in [1.29, 1.82) is 0 Å². The first kappa shape index (κ1) is 7.88. The van der Waals surface area contributed by atoms with E-state index in [1.807, 2.05) is 6.92 Å². The summed E-state index contributed by atoms with van der Waals surface area (Å²) < 4.78 is 9.55. The first-order chi connectivity index (χ1) is 3.91. The highest BCUT2D eigenvalue weighted by Crippen LogP contribution is 1.74. The third-order valence-corrected chi connectivity index (χ3v) is 0.606. The minimum Gasteiger partial charge on any atom is -0.394 e. The van der Waals surface area contributed by atoms with Crippen molar-refractivity contribution in [2.24, 2.45) is 0 Å². The fraction of sp³-hybridized carbons (Fsp3) is 1.00. The Morgan fingerprint density at radius 2 is 2.12 bits per heavy atom. The molecule has 8 heavy (non-hydrogen) atoms. The van der Waals surface area contributed by atoms with Crippen LogP contribution < -0.4 is 0 Å². The van der Waals surface area contributed by atoms with Crippen molar-refractivity contribution in [2.45, 2.75) is 6.92 Å². The Kier molecular flexibility index (Phi) is 6.78. The molecule has 0 aromatic rings. The highest BCUT2D eigenvalue weighted by atomic mass is 16.7. The highest BCUT2D eigenvalue weighted by molar-refractivity contribution is 4.17. The normalized spacial score (nSPS) is 9.75. The van der Waals surface area contributed by atoms with Crippen molar-refractivity contribution in [2.75, 3.05) is 26.6 Å². The number of ether oxygens (including phenoxy) is 2. The summed E-state index contributed by atoms with van der Waals surface area (Å²) in [7, 11) is 0. The van der Waals surface area contributed by atoms with Gasteiger partial charge in [-0.2, -0.15) is 0 Å². The lowest BCUT2D eigenvalue weighted by atomic mass is 10.8. The zero-order valence-electron chi connectivity index (χ0n) is 5.09. The van der Waals surface area contributed by atoms with Crippen LogP contribution in [0.2, 0.25) is 0 Å². The van der Waals surface area contributed by atoms with Crippen LogP contribution in [0.4, 0.5) is 0 Å². The molecule has 0 aromatic heterocycles. The van der Waals surface area contributed by atoms with Crippen molar-refractivity contribution in [1.82, 2.24) is 0 Å². The zero-order chi connectivity index (χ0) is 6.24. The van der Waals surface area contributed by atoms with Crippen LogP contribution in [0.15, 0.2) is 0 Å². The van der Waals surface area contributed by atoms with E-state index in [2.05, 4.69) is 0 Å². The molecule has 3 nitrogen and oxygen atoms in total. The van der Waals surface area contributed by atoms with Crippen LogP contribution in [0.3, 0.4) is 0 Å². The molecule has 0 amide bonds. The second-order valence-electron chi connectivity index (χ2n) is 1.24. The van der Waals surface area contributed by atoms with Gasteiger partial charge in [-0.15, -0.1) is 0 Å². The SMILES string of the molecule is CCOCOCCO. The molecule has 50 valence electrons. The van der Waals surface area contributed by atoms with Crippen LogP contribution in [0.1, 0.15) is 6.92 Å². The van der Waals surface area contributed by atoms with Gasteiger partial charge >= 0.3 is 0 Å². The van der Waals surface area contributed by atoms with Gasteiger partial charge in [-0.25, -0.2) is 0 Å². The van der Waals surface area contributed by atoms with Crippen LogP contribution in [0.25, 0.3) is 0 Å². The molecule has 0 aliphatic heterocycles. The van der Waals surface area contributed by atoms with Crippen LogP contribution >= 0.6 is 0 Å². The maximum absolute atomic E-state index is 8.19. The fourth-order valence-electron chi connectivity index (χ4n) is 0.266. The smallest absolute Gasteiger partial charge is 0.146 e. The van der Waals surface area contributed by atoms with Gasteiger partial charge in [-0.1, -0.05) is 0 Å². The molecule has 1 N–H and O–H groups in total. The number of aliphatic hydroxyl groups excluding tert-OH is 1. The van der Waals surface area contributed by atoms with Crippen molar-refractivity contribution in [3.05, 3.63) is 0 Å².